The molecule has 0 unspecified atom stereocenters. The summed E-state index contributed by atoms with van der Waals surface area (Å²) in [5.41, 5.74) is 3.44. The van der Waals surface area contributed by atoms with Gasteiger partial charge in [0.05, 0.1) is 0 Å². The Labute approximate surface area is 170 Å². The van der Waals surface area contributed by atoms with Crippen molar-refractivity contribution in [2.75, 3.05) is 36.4 Å². The van der Waals surface area contributed by atoms with Crippen LogP contribution in [-0.4, -0.2) is 47.9 Å². The Kier molecular flexibility index (Phi) is 4.70. The van der Waals surface area contributed by atoms with E-state index in [9.17, 15) is 9.59 Å². The Morgan fingerprint density at radius 2 is 1.83 bits per heavy atom. The normalized spacial score (nSPS) is 23.0. The predicted molar refractivity (Wildman–Crippen MR) is 112 cm³/mol. The van der Waals surface area contributed by atoms with Crippen molar-refractivity contribution in [3.05, 3.63) is 53.7 Å². The fraction of sp³-hybridized carbons (Fsp3) is 0.435. The molecule has 0 aliphatic carbocycles. The van der Waals surface area contributed by atoms with E-state index in [2.05, 4.69) is 56.5 Å². The van der Waals surface area contributed by atoms with E-state index in [-0.39, 0.29) is 11.8 Å². The Bertz CT molecular complexity index is 916. The number of aromatic nitrogens is 1. The quantitative estimate of drug-likeness (QED) is 0.871. The summed E-state index contributed by atoms with van der Waals surface area (Å²) in [5, 5.41) is 2.81. The Balaban J connectivity index is 1.14. The molecule has 150 valence electrons. The number of benzene rings is 1. The second-order valence-corrected chi connectivity index (χ2v) is 8.46. The van der Waals surface area contributed by atoms with Crippen molar-refractivity contribution in [1.29, 1.82) is 0 Å². The molecule has 1 N–H and O–H groups in total. The standard InChI is InChI=1S/C23H26N4O2/c28-21-8-7-17-10-16(11-24-23(17)25-21)6-9-22(29)27-14-18-12-26(13-19(18)15-27)20-4-2-1-3-5-20/h1-5,10-11,18-19H,6-9,12-15H2,(H,24,25,28)/t18-,19+. The highest BCUT2D eigenvalue weighted by molar-refractivity contribution is 5.92. The molecule has 2 amide bonds. The van der Waals surface area contributed by atoms with E-state index in [1.54, 1.807) is 6.20 Å². The zero-order valence-electron chi connectivity index (χ0n) is 16.5. The number of hydrogen-bond donors (Lipinski definition) is 1. The van der Waals surface area contributed by atoms with Gasteiger partial charge in [0.25, 0.3) is 0 Å². The van der Waals surface area contributed by atoms with E-state index in [1.165, 1.54) is 5.69 Å². The Hall–Kier alpha value is -2.89. The van der Waals surface area contributed by atoms with Gasteiger partial charge in [-0.3, -0.25) is 9.59 Å². The molecule has 2 fully saturated rings. The van der Waals surface area contributed by atoms with Gasteiger partial charge in [0.15, 0.2) is 0 Å². The number of anilines is 2. The van der Waals surface area contributed by atoms with Gasteiger partial charge >= 0.3 is 0 Å². The van der Waals surface area contributed by atoms with Crippen LogP contribution in [0.25, 0.3) is 0 Å². The first kappa shape index (κ1) is 18.2. The van der Waals surface area contributed by atoms with Crippen molar-refractivity contribution in [3.63, 3.8) is 0 Å². The van der Waals surface area contributed by atoms with Crippen molar-refractivity contribution < 1.29 is 9.59 Å². The minimum atomic E-state index is 0.0262. The molecule has 3 aliphatic heterocycles. The lowest BCUT2D eigenvalue weighted by Crippen LogP contribution is -2.33. The lowest BCUT2D eigenvalue weighted by atomic mass is 10.0. The molecular formula is C23H26N4O2. The summed E-state index contributed by atoms with van der Waals surface area (Å²) in [6.45, 7) is 3.83. The third kappa shape index (κ3) is 3.71. The van der Waals surface area contributed by atoms with Crippen LogP contribution in [0.3, 0.4) is 0 Å². The van der Waals surface area contributed by atoms with Crippen molar-refractivity contribution in [2.24, 2.45) is 11.8 Å². The number of nitrogens with zero attached hydrogens (tertiary/aromatic N) is 3. The highest BCUT2D eigenvalue weighted by atomic mass is 16.2. The van der Waals surface area contributed by atoms with Gasteiger partial charge in [-0.2, -0.15) is 0 Å². The van der Waals surface area contributed by atoms with Crippen molar-refractivity contribution in [3.8, 4) is 0 Å². The molecule has 2 saturated heterocycles. The van der Waals surface area contributed by atoms with Gasteiger partial charge in [-0.15, -0.1) is 0 Å². The number of aryl methyl sites for hydroxylation is 2. The van der Waals surface area contributed by atoms with E-state index < -0.39 is 0 Å². The SMILES string of the molecule is O=C1CCc2cc(CCC(=O)N3C[C@@H]4CN(c5ccccc5)C[C@@H]4C3)cnc2N1. The molecule has 6 nitrogen and oxygen atoms in total. The first-order valence-corrected chi connectivity index (χ1v) is 10.5. The fourth-order valence-electron chi connectivity index (χ4n) is 4.90. The molecule has 3 aliphatic rings. The van der Waals surface area contributed by atoms with E-state index in [4.69, 9.17) is 0 Å². The van der Waals surface area contributed by atoms with E-state index in [0.29, 0.717) is 36.9 Å². The molecule has 5 rings (SSSR count). The van der Waals surface area contributed by atoms with E-state index in [1.807, 2.05) is 0 Å². The second-order valence-electron chi connectivity index (χ2n) is 8.46. The van der Waals surface area contributed by atoms with Gasteiger partial charge in [0.2, 0.25) is 11.8 Å². The fourth-order valence-corrected chi connectivity index (χ4v) is 4.90. The average Bonchev–Trinajstić information content (AvgIpc) is 3.32. The van der Waals surface area contributed by atoms with Gasteiger partial charge in [-0.1, -0.05) is 24.3 Å². The third-order valence-electron chi connectivity index (χ3n) is 6.49. The maximum Gasteiger partial charge on any atom is 0.225 e. The minimum absolute atomic E-state index is 0.0262. The highest BCUT2D eigenvalue weighted by Gasteiger charge is 2.41. The van der Waals surface area contributed by atoms with Gasteiger partial charge in [-0.05, 0) is 36.1 Å². The summed E-state index contributed by atoms with van der Waals surface area (Å²) in [6, 6.07) is 12.6. The van der Waals surface area contributed by atoms with Crippen molar-refractivity contribution in [1.82, 2.24) is 9.88 Å². The zero-order chi connectivity index (χ0) is 19.8. The topological polar surface area (TPSA) is 65.5 Å². The van der Waals surface area contributed by atoms with Crippen LogP contribution in [0.1, 0.15) is 24.0 Å². The molecule has 2 aromatic rings. The van der Waals surface area contributed by atoms with E-state index in [0.717, 1.165) is 43.7 Å². The number of rotatable bonds is 4. The summed E-state index contributed by atoms with van der Waals surface area (Å²) in [5.74, 6) is 2.10. The monoisotopic (exact) mass is 390 g/mol. The van der Waals surface area contributed by atoms with Crippen LogP contribution in [0.5, 0.6) is 0 Å². The average molecular weight is 390 g/mol. The number of pyridine rings is 1. The molecular weight excluding hydrogens is 364 g/mol. The number of para-hydroxylation sites is 1. The molecule has 0 saturated carbocycles. The molecule has 6 heteroatoms. The number of carbonyl (C=O) groups is 2. The molecule has 1 aromatic carbocycles. The molecule has 0 radical (unpaired) electrons. The smallest absolute Gasteiger partial charge is 0.225 e. The number of likely N-dealkylation sites (tertiary alicyclic amines) is 1. The number of carbonyl (C=O) groups excluding carboxylic acids is 2. The summed E-state index contributed by atoms with van der Waals surface area (Å²) in [4.78, 5) is 33.1. The maximum absolute atomic E-state index is 12.8. The van der Waals surface area contributed by atoms with Gasteiger partial charge in [-0.25, -0.2) is 4.98 Å². The molecule has 2 atom stereocenters. The molecule has 1 aromatic heterocycles. The predicted octanol–water partition coefficient (Wildman–Crippen LogP) is 2.49. The molecule has 4 heterocycles. The van der Waals surface area contributed by atoms with E-state index >= 15 is 0 Å². The maximum atomic E-state index is 12.8. The highest BCUT2D eigenvalue weighted by Crippen LogP contribution is 2.34. The van der Waals surface area contributed by atoms with Gasteiger partial charge in [0, 0.05) is 62.7 Å². The number of amides is 2. The number of hydrogen-bond acceptors (Lipinski definition) is 4. The zero-order valence-corrected chi connectivity index (χ0v) is 16.5. The molecule has 29 heavy (non-hydrogen) atoms. The summed E-state index contributed by atoms with van der Waals surface area (Å²) in [6.07, 6.45) is 4.24. The minimum Gasteiger partial charge on any atom is -0.371 e. The summed E-state index contributed by atoms with van der Waals surface area (Å²) in [7, 11) is 0. The largest absolute Gasteiger partial charge is 0.371 e. The number of fused-ring (bicyclic) bond motifs is 2. The lowest BCUT2D eigenvalue weighted by molar-refractivity contribution is -0.130. The lowest BCUT2D eigenvalue weighted by Gasteiger charge is -2.23. The van der Waals surface area contributed by atoms with Crippen LogP contribution >= 0.6 is 0 Å². The first-order chi connectivity index (χ1) is 14.2. The van der Waals surface area contributed by atoms with Crippen LogP contribution in [0.15, 0.2) is 42.6 Å². The van der Waals surface area contributed by atoms with Crippen LogP contribution in [-0.2, 0) is 22.4 Å². The Morgan fingerprint density at radius 3 is 2.59 bits per heavy atom. The summed E-state index contributed by atoms with van der Waals surface area (Å²) >= 11 is 0. The van der Waals surface area contributed by atoms with Crippen LogP contribution in [0.2, 0.25) is 0 Å². The van der Waals surface area contributed by atoms with Crippen molar-refractivity contribution in [2.45, 2.75) is 25.7 Å². The van der Waals surface area contributed by atoms with Crippen LogP contribution in [0, 0.1) is 11.8 Å². The summed E-state index contributed by atoms with van der Waals surface area (Å²) < 4.78 is 0. The van der Waals surface area contributed by atoms with Crippen LogP contribution < -0.4 is 10.2 Å². The van der Waals surface area contributed by atoms with Crippen LogP contribution in [0.4, 0.5) is 11.5 Å². The number of nitrogens with one attached hydrogen (secondary N) is 1. The molecule has 0 bridgehead atoms. The molecule has 0 spiro atoms. The van der Waals surface area contributed by atoms with Gasteiger partial charge < -0.3 is 15.1 Å². The second kappa shape index (κ2) is 7.50. The van der Waals surface area contributed by atoms with Gasteiger partial charge in [0.1, 0.15) is 5.82 Å². The third-order valence-corrected chi connectivity index (χ3v) is 6.49. The van der Waals surface area contributed by atoms with Crippen molar-refractivity contribution >= 4 is 23.3 Å². The Morgan fingerprint density at radius 1 is 1.07 bits per heavy atom. The first-order valence-electron chi connectivity index (χ1n) is 10.5.